The number of oxime groups is 1. The van der Waals surface area contributed by atoms with E-state index in [0.29, 0.717) is 38.9 Å². The summed E-state index contributed by atoms with van der Waals surface area (Å²) >= 11 is 0. The van der Waals surface area contributed by atoms with Crippen LogP contribution >= 0.6 is 0 Å². The molecule has 0 aromatic carbocycles. The molecular weight excluding hydrogens is 546 g/mol. The third-order valence-electron chi connectivity index (χ3n) is 8.17. The first-order valence-electron chi connectivity index (χ1n) is 15.1. The fraction of sp³-hybridized carbons (Fsp3) is 0.793. The van der Waals surface area contributed by atoms with Gasteiger partial charge in [0, 0.05) is 25.3 Å². The zero-order valence-corrected chi connectivity index (χ0v) is 25.3. The van der Waals surface area contributed by atoms with Crippen molar-refractivity contribution in [1.82, 2.24) is 20.9 Å². The first-order chi connectivity index (χ1) is 19.9. The molecule has 1 saturated carbocycles. The fourth-order valence-electron chi connectivity index (χ4n) is 5.59. The highest BCUT2D eigenvalue weighted by molar-refractivity contribution is 6.38. The summed E-state index contributed by atoms with van der Waals surface area (Å²) in [7, 11) is 0. The molecule has 1 spiro atoms. The van der Waals surface area contributed by atoms with Gasteiger partial charge in [-0.2, -0.15) is 0 Å². The molecule has 3 fully saturated rings. The minimum Gasteiger partial charge on any atom is -0.444 e. The lowest BCUT2D eigenvalue weighted by Crippen LogP contribution is -2.59. The molecule has 234 valence electrons. The van der Waals surface area contributed by atoms with Crippen LogP contribution in [-0.4, -0.2) is 95.8 Å². The van der Waals surface area contributed by atoms with Gasteiger partial charge < -0.3 is 35.2 Å². The molecule has 5 atom stereocenters. The number of ketones is 1. The molecule has 0 aromatic heterocycles. The number of hydrogen-bond acceptors (Lipinski definition) is 9. The largest absolute Gasteiger partial charge is 0.444 e. The van der Waals surface area contributed by atoms with Crippen molar-refractivity contribution in [2.24, 2.45) is 10.6 Å². The lowest BCUT2D eigenvalue weighted by atomic mass is 9.85. The highest BCUT2D eigenvalue weighted by Gasteiger charge is 2.55. The molecule has 13 nitrogen and oxygen atoms in total. The van der Waals surface area contributed by atoms with E-state index in [1.165, 1.54) is 4.90 Å². The summed E-state index contributed by atoms with van der Waals surface area (Å²) < 4.78 is 10.7. The lowest BCUT2D eigenvalue weighted by Gasteiger charge is -2.35. The average molecular weight is 592 g/mol. The molecule has 3 aliphatic heterocycles. The second-order valence-electron chi connectivity index (χ2n) is 12.9. The molecule has 0 aromatic rings. The summed E-state index contributed by atoms with van der Waals surface area (Å²) in [6, 6.07) is -3.05. The van der Waals surface area contributed by atoms with Crippen molar-refractivity contribution in [3.05, 3.63) is 0 Å². The summed E-state index contributed by atoms with van der Waals surface area (Å²) in [6.45, 7) is 10.1. The molecule has 4 amide bonds. The van der Waals surface area contributed by atoms with E-state index in [1.54, 1.807) is 0 Å². The molecule has 3 N–H and O–H groups in total. The van der Waals surface area contributed by atoms with Crippen LogP contribution in [0.1, 0.15) is 86.0 Å². The maximum Gasteiger partial charge on any atom is 0.408 e. The van der Waals surface area contributed by atoms with Crippen molar-refractivity contribution < 1.29 is 38.3 Å². The van der Waals surface area contributed by atoms with E-state index < -0.39 is 64.8 Å². The zero-order chi connectivity index (χ0) is 30.7. The van der Waals surface area contributed by atoms with Crippen molar-refractivity contribution in [2.45, 2.75) is 122 Å². The summed E-state index contributed by atoms with van der Waals surface area (Å²) in [4.78, 5) is 73.5. The number of amides is 4. The third kappa shape index (κ3) is 7.59. The molecule has 13 heteroatoms. The van der Waals surface area contributed by atoms with Gasteiger partial charge in [0.2, 0.25) is 17.6 Å². The van der Waals surface area contributed by atoms with Gasteiger partial charge in [-0.25, -0.2) is 4.79 Å². The zero-order valence-electron chi connectivity index (χ0n) is 25.3. The van der Waals surface area contributed by atoms with Gasteiger partial charge in [0.15, 0.2) is 5.60 Å². The van der Waals surface area contributed by atoms with Gasteiger partial charge in [-0.1, -0.05) is 46.2 Å². The van der Waals surface area contributed by atoms with Gasteiger partial charge >= 0.3 is 6.09 Å². The van der Waals surface area contributed by atoms with Crippen molar-refractivity contribution in [3.8, 4) is 0 Å². The number of carbonyl (C=O) groups is 5. The Bertz CT molecular complexity index is 1090. The molecule has 2 saturated heterocycles. The molecule has 0 radical (unpaired) electrons. The number of Topliss-reactive ketones (excluding diaryl/α,β-unsaturated/α-hetero) is 1. The van der Waals surface area contributed by atoms with E-state index in [9.17, 15) is 24.0 Å². The van der Waals surface area contributed by atoms with Crippen LogP contribution in [0, 0.1) is 5.41 Å². The highest BCUT2D eigenvalue weighted by Crippen LogP contribution is 2.39. The van der Waals surface area contributed by atoms with E-state index in [2.05, 4.69) is 21.1 Å². The van der Waals surface area contributed by atoms with Crippen LogP contribution in [0.4, 0.5) is 4.79 Å². The monoisotopic (exact) mass is 591 g/mol. The summed E-state index contributed by atoms with van der Waals surface area (Å²) in [5, 5.41) is 12.4. The number of ether oxygens (including phenoxy) is 2. The fourth-order valence-corrected chi connectivity index (χ4v) is 5.59. The number of likely N-dealkylation sites (tertiary alicyclic amines) is 1. The lowest BCUT2D eigenvalue weighted by molar-refractivity contribution is -0.144. The van der Waals surface area contributed by atoms with E-state index in [4.69, 9.17) is 14.3 Å². The number of rotatable bonds is 11. The number of alkyl carbamates (subject to hydrolysis) is 1. The summed E-state index contributed by atoms with van der Waals surface area (Å²) in [5.74, 6) is -2.45. The first-order valence-corrected chi connectivity index (χ1v) is 15.1. The van der Waals surface area contributed by atoms with Gasteiger partial charge in [-0.05, 0) is 31.1 Å². The Morgan fingerprint density at radius 3 is 2.43 bits per heavy atom. The SMILES string of the molecule is CCC[C@H](NC(=O)[C@@H]1C[C@]2(CC(CC)=NO2)CN1C(=O)[C@@H](NC(=O)O[C@H]1CCOC1)C(C)(C)C)C(=O)C(=O)NC1CC1. The Morgan fingerprint density at radius 2 is 1.86 bits per heavy atom. The molecular formula is C29H45N5O8. The minimum atomic E-state index is -1.03. The smallest absolute Gasteiger partial charge is 0.408 e. The van der Waals surface area contributed by atoms with Crippen molar-refractivity contribution in [1.29, 1.82) is 0 Å². The highest BCUT2D eigenvalue weighted by atomic mass is 16.7. The van der Waals surface area contributed by atoms with Crippen molar-refractivity contribution in [2.75, 3.05) is 19.8 Å². The van der Waals surface area contributed by atoms with E-state index in [0.717, 1.165) is 18.6 Å². The quantitative estimate of drug-likeness (QED) is 0.305. The molecule has 0 bridgehead atoms. The van der Waals surface area contributed by atoms with E-state index in [1.807, 2.05) is 34.6 Å². The van der Waals surface area contributed by atoms with Crippen LogP contribution in [0.5, 0.6) is 0 Å². The molecule has 1 aliphatic carbocycles. The van der Waals surface area contributed by atoms with Crippen LogP contribution < -0.4 is 16.0 Å². The summed E-state index contributed by atoms with van der Waals surface area (Å²) in [5.41, 5.74) is -0.810. The van der Waals surface area contributed by atoms with Crippen LogP contribution in [0.3, 0.4) is 0 Å². The maximum absolute atomic E-state index is 14.2. The minimum absolute atomic E-state index is 0.00391. The van der Waals surface area contributed by atoms with Crippen LogP contribution in [0.25, 0.3) is 0 Å². The van der Waals surface area contributed by atoms with Crippen LogP contribution in [0.2, 0.25) is 0 Å². The Balaban J connectivity index is 1.54. The molecule has 4 aliphatic rings. The van der Waals surface area contributed by atoms with Gasteiger partial charge in [0.25, 0.3) is 5.91 Å². The standard InChI is InChI=1S/C29H45N5O8/c1-6-8-20(22(35)25(37)30-18-9-10-18)31-24(36)21-14-29(13-17(7-2)33-42-29)16-34(21)26(38)23(28(3,4)5)32-27(39)41-19-11-12-40-15-19/h18-21,23H,6-16H2,1-5H3,(H,30,37)(H,31,36)(H,32,39)/t19-,20-,21-,23+,29+/m0/s1. The number of nitrogens with zero attached hydrogens (tertiary/aromatic N) is 2. The normalized spacial score (nSPS) is 26.7. The molecule has 3 heterocycles. The maximum atomic E-state index is 14.2. The van der Waals surface area contributed by atoms with Gasteiger partial charge in [0.1, 0.15) is 18.2 Å². The van der Waals surface area contributed by atoms with Gasteiger partial charge in [0.05, 0.1) is 31.5 Å². The second-order valence-corrected chi connectivity index (χ2v) is 12.9. The van der Waals surface area contributed by atoms with Crippen molar-refractivity contribution >= 4 is 35.3 Å². The molecule has 42 heavy (non-hydrogen) atoms. The Kier molecular flexibility index (Phi) is 9.79. The van der Waals surface area contributed by atoms with Crippen LogP contribution in [-0.2, 0) is 33.5 Å². The Hall–Kier alpha value is -3.22. The van der Waals surface area contributed by atoms with Crippen LogP contribution in [0.15, 0.2) is 5.16 Å². The topological polar surface area (TPSA) is 165 Å². The predicted octanol–water partition coefficient (Wildman–Crippen LogP) is 1.57. The first kappa shape index (κ1) is 31.7. The van der Waals surface area contributed by atoms with E-state index >= 15 is 0 Å². The van der Waals surface area contributed by atoms with Crippen molar-refractivity contribution in [3.63, 3.8) is 0 Å². The second kappa shape index (κ2) is 13.0. The predicted molar refractivity (Wildman–Crippen MR) is 151 cm³/mol. The van der Waals surface area contributed by atoms with E-state index in [-0.39, 0.29) is 25.4 Å². The average Bonchev–Trinajstić information content (AvgIpc) is 3.29. The van der Waals surface area contributed by atoms with Gasteiger partial charge in [-0.15, -0.1) is 0 Å². The summed E-state index contributed by atoms with van der Waals surface area (Å²) in [6.07, 6.45) is 3.21. The van der Waals surface area contributed by atoms with Gasteiger partial charge in [-0.3, -0.25) is 19.2 Å². The number of nitrogens with one attached hydrogen (secondary N) is 3. The third-order valence-corrected chi connectivity index (χ3v) is 8.17. The Morgan fingerprint density at radius 1 is 1.12 bits per heavy atom. The Labute approximate surface area is 246 Å². The molecule has 0 unspecified atom stereocenters. The number of hydrogen-bond donors (Lipinski definition) is 3. The number of carbonyl (C=O) groups excluding carboxylic acids is 5. The molecule has 4 rings (SSSR count).